The van der Waals surface area contributed by atoms with Gasteiger partial charge in [-0.1, -0.05) is 206 Å². The molecule has 0 N–H and O–H groups in total. The predicted octanol–water partition coefficient (Wildman–Crippen LogP) is 17.6. The Labute approximate surface area is 390 Å². The van der Waals surface area contributed by atoms with Crippen LogP contribution in [-0.2, 0) is 5.41 Å². The Morgan fingerprint density at radius 1 is 0.313 bits per heavy atom. The third kappa shape index (κ3) is 6.33. The molecule has 67 heavy (non-hydrogen) atoms. The summed E-state index contributed by atoms with van der Waals surface area (Å²) in [5.41, 5.74) is 19.2. The van der Waals surface area contributed by atoms with Crippen LogP contribution in [0.3, 0.4) is 0 Å². The number of hydrogen-bond donors (Lipinski definition) is 0. The molecule has 0 spiro atoms. The van der Waals surface area contributed by atoms with E-state index in [1.165, 1.54) is 66.4 Å². The Hall–Kier alpha value is -8.72. The van der Waals surface area contributed by atoms with Gasteiger partial charge in [-0.2, -0.15) is 0 Å². The zero-order valence-electron chi connectivity index (χ0n) is 36.7. The molecule has 13 rings (SSSR count). The molecular formula is C65H43NO. The molecule has 12 aromatic rings. The highest BCUT2D eigenvalue weighted by atomic mass is 16.3. The molecule has 0 amide bonds. The first-order valence-corrected chi connectivity index (χ1v) is 23.1. The Kier molecular flexibility index (Phi) is 9.11. The SMILES string of the molecule is c1ccc(-c2ccc(-c3ccc4cc(N(c5ccc(-c6ccc7c(c6)oc6ccccc67)cc5)c5cccc6c5-c5ccccc5C6(c5ccccc5)c5ccccc5)ccc4c3)cc2)cc1. The minimum absolute atomic E-state index is 0.519. The molecule has 314 valence electrons. The maximum Gasteiger partial charge on any atom is 0.136 e. The summed E-state index contributed by atoms with van der Waals surface area (Å²) in [6.07, 6.45) is 0. The summed E-state index contributed by atoms with van der Waals surface area (Å²) in [7, 11) is 0. The summed E-state index contributed by atoms with van der Waals surface area (Å²) in [5, 5.41) is 4.64. The van der Waals surface area contributed by atoms with Crippen molar-refractivity contribution in [1.29, 1.82) is 0 Å². The van der Waals surface area contributed by atoms with Crippen LogP contribution in [0.25, 0.3) is 77.2 Å². The van der Waals surface area contributed by atoms with Gasteiger partial charge in [-0.25, -0.2) is 0 Å². The van der Waals surface area contributed by atoms with Crippen molar-refractivity contribution in [1.82, 2.24) is 0 Å². The van der Waals surface area contributed by atoms with Gasteiger partial charge in [-0.3, -0.25) is 0 Å². The van der Waals surface area contributed by atoms with Crippen LogP contribution >= 0.6 is 0 Å². The zero-order valence-corrected chi connectivity index (χ0v) is 36.7. The molecule has 0 bridgehead atoms. The number of benzene rings is 11. The lowest BCUT2D eigenvalue weighted by Crippen LogP contribution is -2.28. The highest BCUT2D eigenvalue weighted by Gasteiger charge is 2.47. The second-order valence-electron chi connectivity index (χ2n) is 17.6. The van der Waals surface area contributed by atoms with Gasteiger partial charge in [0.15, 0.2) is 0 Å². The van der Waals surface area contributed by atoms with Crippen LogP contribution in [0.15, 0.2) is 265 Å². The summed E-state index contributed by atoms with van der Waals surface area (Å²) < 4.78 is 6.32. The standard InChI is InChI=1S/C65H43NO/c1-4-15-44(16-5-1)45-27-29-46(30-28-45)48-31-32-50-42-55(39-35-49(50)41-48)66(54-37-33-47(34-38-54)51-36-40-57-56-21-11-13-26-62(56)67-63(57)43-51)61-25-14-24-60-64(61)58-22-10-12-23-59(58)65(60,52-17-6-2-7-18-52)53-19-8-3-9-20-53/h1-43H. The lowest BCUT2D eigenvalue weighted by Gasteiger charge is -2.34. The van der Waals surface area contributed by atoms with Crippen LogP contribution in [0, 0.1) is 0 Å². The maximum atomic E-state index is 6.32. The Morgan fingerprint density at radius 3 is 1.57 bits per heavy atom. The van der Waals surface area contributed by atoms with Gasteiger partial charge in [0, 0.05) is 27.7 Å². The van der Waals surface area contributed by atoms with Crippen LogP contribution in [-0.4, -0.2) is 0 Å². The fourth-order valence-electron chi connectivity index (χ4n) is 10.8. The van der Waals surface area contributed by atoms with Gasteiger partial charge in [0.05, 0.1) is 11.1 Å². The van der Waals surface area contributed by atoms with Crippen molar-refractivity contribution < 1.29 is 4.42 Å². The fraction of sp³-hybridized carbons (Fsp3) is 0.0154. The summed E-state index contributed by atoms with van der Waals surface area (Å²) >= 11 is 0. The molecule has 0 radical (unpaired) electrons. The number of anilines is 3. The van der Waals surface area contributed by atoms with Crippen molar-refractivity contribution in [2.24, 2.45) is 0 Å². The summed E-state index contributed by atoms with van der Waals surface area (Å²) in [6.45, 7) is 0. The van der Waals surface area contributed by atoms with Crippen molar-refractivity contribution in [3.8, 4) is 44.5 Å². The first-order valence-electron chi connectivity index (χ1n) is 23.1. The Bertz CT molecular complexity index is 3740. The van der Waals surface area contributed by atoms with Crippen molar-refractivity contribution in [2.45, 2.75) is 5.41 Å². The monoisotopic (exact) mass is 853 g/mol. The van der Waals surface area contributed by atoms with Gasteiger partial charge in [0.2, 0.25) is 0 Å². The number of rotatable bonds is 8. The van der Waals surface area contributed by atoms with Gasteiger partial charge in [-0.15, -0.1) is 0 Å². The summed E-state index contributed by atoms with van der Waals surface area (Å²) in [4.78, 5) is 2.46. The first-order chi connectivity index (χ1) is 33.2. The molecule has 0 atom stereocenters. The van der Waals surface area contributed by atoms with E-state index < -0.39 is 5.41 Å². The lowest BCUT2D eigenvalue weighted by molar-refractivity contribution is 0.669. The van der Waals surface area contributed by atoms with E-state index in [4.69, 9.17) is 4.42 Å². The highest BCUT2D eigenvalue weighted by molar-refractivity contribution is 6.06. The van der Waals surface area contributed by atoms with Gasteiger partial charge < -0.3 is 9.32 Å². The topological polar surface area (TPSA) is 16.4 Å². The Morgan fingerprint density at radius 2 is 0.821 bits per heavy atom. The fourth-order valence-corrected chi connectivity index (χ4v) is 10.8. The van der Waals surface area contributed by atoms with Crippen molar-refractivity contribution >= 4 is 49.8 Å². The number of fused-ring (bicyclic) bond motifs is 7. The number of nitrogens with zero attached hydrogens (tertiary/aromatic N) is 1. The highest BCUT2D eigenvalue weighted by Crippen LogP contribution is 2.59. The molecule has 0 aliphatic heterocycles. The first kappa shape index (κ1) is 38.7. The molecule has 0 saturated heterocycles. The quantitative estimate of drug-likeness (QED) is 0.151. The van der Waals surface area contributed by atoms with Crippen LogP contribution in [0.5, 0.6) is 0 Å². The molecule has 0 saturated carbocycles. The molecule has 0 fully saturated rings. The van der Waals surface area contributed by atoms with E-state index in [0.717, 1.165) is 50.1 Å². The Balaban J connectivity index is 0.971. The van der Waals surface area contributed by atoms with Crippen LogP contribution in [0.2, 0.25) is 0 Å². The van der Waals surface area contributed by atoms with E-state index in [2.05, 4.69) is 254 Å². The van der Waals surface area contributed by atoms with E-state index in [0.29, 0.717) is 0 Å². The molecule has 11 aromatic carbocycles. The second kappa shape index (κ2) is 15.8. The molecule has 2 heteroatoms. The smallest absolute Gasteiger partial charge is 0.136 e. The lowest BCUT2D eigenvalue weighted by atomic mass is 9.68. The molecular weight excluding hydrogens is 811 g/mol. The molecule has 1 aliphatic carbocycles. The minimum Gasteiger partial charge on any atom is -0.456 e. The van der Waals surface area contributed by atoms with Gasteiger partial charge in [0.25, 0.3) is 0 Å². The maximum absolute atomic E-state index is 6.32. The average molecular weight is 854 g/mol. The van der Waals surface area contributed by atoms with Gasteiger partial charge in [-0.05, 0) is 127 Å². The third-order valence-corrected chi connectivity index (χ3v) is 13.9. The molecule has 1 heterocycles. The molecule has 1 aliphatic rings. The molecule has 1 aromatic heterocycles. The predicted molar refractivity (Wildman–Crippen MR) is 280 cm³/mol. The van der Waals surface area contributed by atoms with Crippen molar-refractivity contribution in [2.75, 3.05) is 4.90 Å². The number of para-hydroxylation sites is 1. The largest absolute Gasteiger partial charge is 0.456 e. The normalized spacial score (nSPS) is 12.6. The zero-order chi connectivity index (χ0) is 44.3. The van der Waals surface area contributed by atoms with Crippen molar-refractivity contribution in [3.63, 3.8) is 0 Å². The minimum atomic E-state index is -0.519. The van der Waals surface area contributed by atoms with Crippen LogP contribution in [0.1, 0.15) is 22.3 Å². The summed E-state index contributed by atoms with van der Waals surface area (Å²) in [5.74, 6) is 0. The third-order valence-electron chi connectivity index (χ3n) is 13.9. The number of furan rings is 1. The molecule has 0 unspecified atom stereocenters. The van der Waals surface area contributed by atoms with Gasteiger partial charge in [0.1, 0.15) is 11.2 Å². The second-order valence-corrected chi connectivity index (χ2v) is 17.6. The van der Waals surface area contributed by atoms with E-state index in [1.807, 2.05) is 12.1 Å². The van der Waals surface area contributed by atoms with Crippen LogP contribution < -0.4 is 4.90 Å². The van der Waals surface area contributed by atoms with Crippen LogP contribution in [0.4, 0.5) is 17.1 Å². The average Bonchev–Trinajstić information content (AvgIpc) is 3.93. The van der Waals surface area contributed by atoms with E-state index in [9.17, 15) is 0 Å². The van der Waals surface area contributed by atoms with Crippen molar-refractivity contribution in [3.05, 3.63) is 283 Å². The van der Waals surface area contributed by atoms with Gasteiger partial charge >= 0.3 is 0 Å². The summed E-state index contributed by atoms with van der Waals surface area (Å²) in [6, 6.07) is 95.1. The molecule has 2 nitrogen and oxygen atoms in total. The van der Waals surface area contributed by atoms with E-state index in [-0.39, 0.29) is 0 Å². The van der Waals surface area contributed by atoms with E-state index >= 15 is 0 Å². The number of hydrogen-bond acceptors (Lipinski definition) is 2. The van der Waals surface area contributed by atoms with E-state index in [1.54, 1.807) is 0 Å².